The Hall–Kier alpha value is -1.55. The van der Waals surface area contributed by atoms with E-state index in [1.807, 2.05) is 44.2 Å². The molecule has 1 aliphatic heterocycles. The van der Waals surface area contributed by atoms with Crippen molar-refractivity contribution < 1.29 is 14.5 Å². The zero-order valence-electron chi connectivity index (χ0n) is 10.1. The van der Waals surface area contributed by atoms with Gasteiger partial charge in [0.25, 0.3) is 0 Å². The average Bonchev–Trinajstić information content (AvgIpc) is 2.35. The molecule has 0 aliphatic carbocycles. The Morgan fingerprint density at radius 1 is 1.35 bits per heavy atom. The van der Waals surface area contributed by atoms with Gasteiger partial charge in [-0.05, 0) is 12.5 Å². The molecule has 17 heavy (non-hydrogen) atoms. The molecular formula is C13H17NO3. The minimum absolute atomic E-state index is 0.0269. The Morgan fingerprint density at radius 2 is 2.06 bits per heavy atom. The third-order valence-electron chi connectivity index (χ3n) is 3.00. The average molecular weight is 235 g/mol. The second-order valence-corrected chi connectivity index (χ2v) is 4.16. The van der Waals surface area contributed by atoms with E-state index in [9.17, 15) is 5.21 Å². The molecule has 3 atom stereocenters. The highest BCUT2D eigenvalue weighted by Gasteiger charge is 2.33. The number of benzene rings is 1. The van der Waals surface area contributed by atoms with Crippen molar-refractivity contribution in [3.05, 3.63) is 41.1 Å². The Labute approximate surface area is 101 Å². The van der Waals surface area contributed by atoms with Crippen LogP contribution in [0.4, 0.5) is 0 Å². The number of rotatable bonds is 3. The van der Waals surface area contributed by atoms with Crippen molar-refractivity contribution in [1.82, 2.24) is 0 Å². The monoisotopic (exact) mass is 235 g/mol. The molecule has 0 unspecified atom stereocenters. The van der Waals surface area contributed by atoms with Crippen LogP contribution < -0.4 is 0 Å². The van der Waals surface area contributed by atoms with Crippen LogP contribution in [0.3, 0.4) is 0 Å². The molecule has 0 N–H and O–H groups in total. The van der Waals surface area contributed by atoms with Crippen molar-refractivity contribution in [2.45, 2.75) is 26.1 Å². The number of hydrogen-bond donors (Lipinski definition) is 0. The molecule has 1 aromatic carbocycles. The fraction of sp³-hybridized carbons (Fsp3) is 0.462. The summed E-state index contributed by atoms with van der Waals surface area (Å²) in [5.41, 5.74) is 1.11. The first-order valence-corrected chi connectivity index (χ1v) is 5.87. The summed E-state index contributed by atoms with van der Waals surface area (Å²) in [5, 5.41) is 11.4. The molecule has 0 radical (unpaired) electrons. The van der Waals surface area contributed by atoms with E-state index in [1.165, 1.54) is 0 Å². The van der Waals surface area contributed by atoms with Crippen LogP contribution in [0.1, 0.15) is 25.3 Å². The summed E-state index contributed by atoms with van der Waals surface area (Å²) in [6.45, 7) is 4.45. The van der Waals surface area contributed by atoms with Gasteiger partial charge in [0.05, 0.1) is 5.92 Å². The third kappa shape index (κ3) is 2.58. The van der Waals surface area contributed by atoms with Gasteiger partial charge >= 0.3 is 0 Å². The summed E-state index contributed by atoms with van der Waals surface area (Å²) in [5.74, 6) is 0.140. The van der Waals surface area contributed by atoms with Crippen LogP contribution in [0.15, 0.2) is 30.3 Å². The lowest BCUT2D eigenvalue weighted by atomic mass is 9.87. The summed E-state index contributed by atoms with van der Waals surface area (Å²) < 4.78 is 5.43. The molecule has 0 aromatic heterocycles. The lowest BCUT2D eigenvalue weighted by molar-refractivity contribution is -0.771. The lowest BCUT2D eigenvalue weighted by Crippen LogP contribution is -2.38. The van der Waals surface area contributed by atoms with Gasteiger partial charge in [0.2, 0.25) is 6.21 Å². The zero-order chi connectivity index (χ0) is 12.3. The SMILES string of the molecule is CCO[C@@H]1O[N+]([O-])=C[C@H](c2ccccc2)[C@@H]1C. The van der Waals surface area contributed by atoms with Crippen molar-refractivity contribution in [1.29, 1.82) is 0 Å². The molecule has 1 aliphatic rings. The Morgan fingerprint density at radius 3 is 2.71 bits per heavy atom. The molecule has 0 saturated heterocycles. The van der Waals surface area contributed by atoms with Crippen molar-refractivity contribution in [3.63, 3.8) is 0 Å². The maximum atomic E-state index is 11.4. The van der Waals surface area contributed by atoms with E-state index in [4.69, 9.17) is 9.57 Å². The van der Waals surface area contributed by atoms with Crippen LogP contribution in [0.25, 0.3) is 0 Å². The van der Waals surface area contributed by atoms with Gasteiger partial charge < -0.3 is 9.57 Å². The summed E-state index contributed by atoms with van der Waals surface area (Å²) in [6.07, 6.45) is 1.07. The van der Waals surface area contributed by atoms with Crippen molar-refractivity contribution in [2.24, 2.45) is 5.92 Å². The van der Waals surface area contributed by atoms with Gasteiger partial charge in [-0.2, -0.15) is 0 Å². The quantitative estimate of drug-likeness (QED) is 0.755. The summed E-state index contributed by atoms with van der Waals surface area (Å²) in [6, 6.07) is 9.93. The van der Waals surface area contributed by atoms with Gasteiger partial charge in [0, 0.05) is 17.4 Å². The van der Waals surface area contributed by atoms with Gasteiger partial charge in [-0.1, -0.05) is 37.3 Å². The largest absolute Gasteiger partial charge is 0.372 e. The molecule has 1 aromatic rings. The highest BCUT2D eigenvalue weighted by atomic mass is 16.9. The summed E-state index contributed by atoms with van der Waals surface area (Å²) in [7, 11) is 0. The third-order valence-corrected chi connectivity index (χ3v) is 3.00. The maximum Gasteiger partial charge on any atom is 0.218 e. The minimum Gasteiger partial charge on any atom is -0.372 e. The van der Waals surface area contributed by atoms with E-state index in [1.54, 1.807) is 6.21 Å². The van der Waals surface area contributed by atoms with Gasteiger partial charge in [-0.15, -0.1) is 0 Å². The smallest absolute Gasteiger partial charge is 0.218 e. The van der Waals surface area contributed by atoms with Gasteiger partial charge in [0.15, 0.2) is 6.29 Å². The van der Waals surface area contributed by atoms with Crippen LogP contribution in [0.2, 0.25) is 0 Å². The molecule has 4 heteroatoms. The van der Waals surface area contributed by atoms with E-state index in [-0.39, 0.29) is 11.8 Å². The fourth-order valence-corrected chi connectivity index (χ4v) is 2.08. The molecule has 0 fully saturated rings. The molecule has 0 amide bonds. The van der Waals surface area contributed by atoms with Gasteiger partial charge in [-0.3, -0.25) is 5.21 Å². The van der Waals surface area contributed by atoms with E-state index in [0.717, 1.165) is 5.56 Å². The topological polar surface area (TPSA) is 44.5 Å². The Balaban J connectivity index is 2.24. The normalized spacial score (nSPS) is 28.4. The molecular weight excluding hydrogens is 218 g/mol. The molecule has 0 saturated carbocycles. The molecule has 0 bridgehead atoms. The predicted molar refractivity (Wildman–Crippen MR) is 64.5 cm³/mol. The van der Waals surface area contributed by atoms with Crippen LogP contribution in [0, 0.1) is 11.1 Å². The molecule has 2 rings (SSSR count). The standard InChI is InChI=1S/C13H17NO3/c1-3-16-13-10(2)12(9-14(15)17-13)11-7-5-4-6-8-11/h4-10,12-13H,3H2,1-2H3/t10-,12-,13+/m0/s1. The van der Waals surface area contributed by atoms with Crippen molar-refractivity contribution in [2.75, 3.05) is 6.61 Å². The predicted octanol–water partition coefficient (Wildman–Crippen LogP) is 2.30. The molecule has 1 heterocycles. The first-order valence-electron chi connectivity index (χ1n) is 5.87. The van der Waals surface area contributed by atoms with Crippen LogP contribution in [-0.4, -0.2) is 24.0 Å². The van der Waals surface area contributed by atoms with Crippen LogP contribution >= 0.6 is 0 Å². The number of hydrogen-bond acceptors (Lipinski definition) is 3. The zero-order valence-corrected chi connectivity index (χ0v) is 10.1. The lowest BCUT2D eigenvalue weighted by Gasteiger charge is -2.32. The van der Waals surface area contributed by atoms with Crippen molar-refractivity contribution >= 4 is 6.21 Å². The Bertz CT molecular complexity index is 391. The van der Waals surface area contributed by atoms with E-state index in [0.29, 0.717) is 11.5 Å². The van der Waals surface area contributed by atoms with E-state index < -0.39 is 6.29 Å². The molecule has 92 valence electrons. The molecule has 4 nitrogen and oxygen atoms in total. The van der Waals surface area contributed by atoms with Crippen LogP contribution in [-0.2, 0) is 9.57 Å². The van der Waals surface area contributed by atoms with Crippen molar-refractivity contribution in [3.8, 4) is 0 Å². The maximum absolute atomic E-state index is 11.4. The summed E-state index contributed by atoms with van der Waals surface area (Å²) >= 11 is 0. The minimum atomic E-state index is -0.479. The van der Waals surface area contributed by atoms with E-state index in [2.05, 4.69) is 0 Å². The van der Waals surface area contributed by atoms with Crippen LogP contribution in [0.5, 0.6) is 0 Å². The van der Waals surface area contributed by atoms with Gasteiger partial charge in [-0.25, -0.2) is 0 Å². The second kappa shape index (κ2) is 5.19. The highest BCUT2D eigenvalue weighted by molar-refractivity contribution is 5.64. The number of nitrogens with zero attached hydrogens (tertiary/aromatic N) is 1. The van der Waals surface area contributed by atoms with Gasteiger partial charge in [0.1, 0.15) is 0 Å². The first kappa shape index (κ1) is 11.9. The Kier molecular flexibility index (Phi) is 3.64. The molecule has 0 spiro atoms. The first-order chi connectivity index (χ1) is 8.22. The summed E-state index contributed by atoms with van der Waals surface area (Å²) in [4.78, 5) is 5.60. The van der Waals surface area contributed by atoms with E-state index >= 15 is 0 Å². The highest BCUT2D eigenvalue weighted by Crippen LogP contribution is 2.30. The number of ether oxygens (including phenoxy) is 1. The second-order valence-electron chi connectivity index (χ2n) is 4.16. The fourth-order valence-electron chi connectivity index (χ4n) is 2.08.